The van der Waals surface area contributed by atoms with E-state index in [0.717, 1.165) is 45.4 Å². The number of amides is 2. The van der Waals surface area contributed by atoms with E-state index in [0.29, 0.717) is 56.8 Å². The Morgan fingerprint density at radius 1 is 0.875 bits per heavy atom. The van der Waals surface area contributed by atoms with E-state index >= 15 is 0 Å². The molecule has 3 fully saturated rings. The van der Waals surface area contributed by atoms with E-state index in [9.17, 15) is 34.8 Å². The van der Waals surface area contributed by atoms with E-state index in [4.69, 9.17) is 33.7 Å². The van der Waals surface area contributed by atoms with Crippen molar-refractivity contribution in [2.45, 2.75) is 137 Å². The minimum absolute atomic E-state index is 0.0400. The predicted octanol–water partition coefficient (Wildman–Crippen LogP) is 6.46. The van der Waals surface area contributed by atoms with Crippen LogP contribution in [-0.2, 0) is 23.7 Å². The van der Waals surface area contributed by atoms with Gasteiger partial charge in [-0.15, -0.1) is 0 Å². The second kappa shape index (κ2) is 21.4. The number of nitrogens with zero attached hydrogens (tertiary/aromatic N) is 4. The summed E-state index contributed by atoms with van der Waals surface area (Å²) in [5.74, 6) is -4.93. The summed E-state index contributed by atoms with van der Waals surface area (Å²) in [5.41, 5.74) is -0.571. The maximum atomic E-state index is 15.0. The van der Waals surface area contributed by atoms with Crippen molar-refractivity contribution in [3.05, 3.63) is 58.0 Å². The number of nitrogens with one attached hydrogen (secondary N) is 1. The molecule has 2 aromatic rings. The lowest BCUT2D eigenvalue weighted by Gasteiger charge is -2.40. The number of rotatable bonds is 5. The summed E-state index contributed by atoms with van der Waals surface area (Å²) >= 11 is 0. The van der Waals surface area contributed by atoms with Gasteiger partial charge in [0, 0.05) is 113 Å². The number of hydrogen-bond acceptors (Lipinski definition) is 15. The first kappa shape index (κ1) is 53.2. The number of carbonyl (C=O) groups is 3. The summed E-state index contributed by atoms with van der Waals surface area (Å²) in [5, 5.41) is 51.3. The number of ether oxygens (including phenoxy) is 5. The van der Waals surface area contributed by atoms with E-state index in [1.54, 1.807) is 56.9 Å². The molecule has 9 rings (SSSR count). The van der Waals surface area contributed by atoms with Crippen molar-refractivity contribution in [1.29, 1.82) is 0 Å². The minimum Gasteiger partial charge on any atom is -0.507 e. The maximum absolute atomic E-state index is 15.0. The van der Waals surface area contributed by atoms with Crippen LogP contribution in [0, 0.1) is 48.3 Å². The van der Waals surface area contributed by atoms with Gasteiger partial charge in [-0.05, 0) is 63.4 Å². The fourth-order valence-corrected chi connectivity index (χ4v) is 11.9. The summed E-state index contributed by atoms with van der Waals surface area (Å²) < 4.78 is 30.7. The van der Waals surface area contributed by atoms with Crippen LogP contribution in [0.4, 0.5) is 10.5 Å². The molecule has 0 saturated carbocycles. The highest BCUT2D eigenvalue weighted by Crippen LogP contribution is 2.50. The molecule has 7 aliphatic rings. The van der Waals surface area contributed by atoms with Crippen LogP contribution in [0.3, 0.4) is 0 Å². The number of ketones is 1. The molecule has 7 aliphatic heterocycles. The number of Topliss-reactive ketones (excluding diaryl/α,β-unsaturated/α-hetero) is 1. The Balaban J connectivity index is 1.18. The monoisotopic (exact) mass is 1000 g/mol. The highest BCUT2D eigenvalue weighted by molar-refractivity contribution is 6.19. The number of methoxy groups -OCH3 is 1. The van der Waals surface area contributed by atoms with E-state index < -0.39 is 83.1 Å². The van der Waals surface area contributed by atoms with Crippen LogP contribution in [0.1, 0.15) is 110 Å². The molecular weight excluding hydrogens is 923 g/mol. The number of phenols is 2. The van der Waals surface area contributed by atoms with Crippen molar-refractivity contribution < 1.29 is 58.5 Å². The van der Waals surface area contributed by atoms with Gasteiger partial charge in [0.15, 0.2) is 11.4 Å². The van der Waals surface area contributed by atoms with Crippen LogP contribution < -0.4 is 20.8 Å². The quantitative estimate of drug-likeness (QED) is 0.203. The number of fused-ring (bicyclic) bond motifs is 13. The van der Waals surface area contributed by atoms with Crippen molar-refractivity contribution in [3.8, 4) is 17.2 Å². The van der Waals surface area contributed by atoms with Gasteiger partial charge >= 0.3 is 11.9 Å². The molecule has 3 saturated heterocycles. The Labute approximate surface area is 423 Å². The second-order valence-corrected chi connectivity index (χ2v) is 22.0. The van der Waals surface area contributed by atoms with Crippen LogP contribution >= 0.6 is 0 Å². The lowest BCUT2D eigenvalue weighted by molar-refractivity contribution is -0.112. The fourth-order valence-electron chi connectivity index (χ4n) is 11.9. The van der Waals surface area contributed by atoms with Crippen LogP contribution in [0.15, 0.2) is 46.1 Å². The summed E-state index contributed by atoms with van der Waals surface area (Å²) in [6, 6.07) is 0. The lowest BCUT2D eigenvalue weighted by Crippen LogP contribution is -2.49. The van der Waals surface area contributed by atoms with Gasteiger partial charge in [0.25, 0.3) is 11.7 Å². The standard InChI is InChI=1S/C55H77N5O12/c1-29(2)28-59-23-19-55(20-24-59)57-42-39-40-47(63)35(8)50-41(39)51(65)54(9,72-50)70-27-18-38(68-10)32(5)49(71-53(67)60-21-14-36(15-22-60)37-16-25-69-26-17-37)34(7)46(62)33(6)45(61)30(3)12-11-13-31(4)52(66)56-44(48(40)64)43(42)58-55/h11-13,18,27,29-30,32-34,36-38,45-46,49,61-64H,14-17,19-26,28H2,1-10H3,(H,56,66)/b12-11+,27-18+,31-13-/t30-,32+,33+,34+,38-,45-,46+,49+,54-/m0/s1. The molecular formula is C55H77N5O12. The largest absolute Gasteiger partial charge is 0.507 e. The van der Waals surface area contributed by atoms with Crippen LogP contribution in [0.25, 0.3) is 10.8 Å². The number of hydrogen-bond donors (Lipinski definition) is 5. The zero-order valence-corrected chi connectivity index (χ0v) is 43.8. The average molecular weight is 1000 g/mol. The molecule has 9 atom stereocenters. The molecule has 0 unspecified atom stereocenters. The van der Waals surface area contributed by atoms with Crippen molar-refractivity contribution in [1.82, 2.24) is 9.80 Å². The highest BCUT2D eigenvalue weighted by atomic mass is 16.7. The predicted molar refractivity (Wildman–Crippen MR) is 270 cm³/mol. The number of aliphatic hydroxyl groups excluding tert-OH is 2. The molecule has 17 nitrogen and oxygen atoms in total. The Kier molecular flexibility index (Phi) is 15.8. The maximum Gasteiger partial charge on any atom is 0.410 e. The van der Waals surface area contributed by atoms with E-state index in [-0.39, 0.29) is 55.4 Å². The minimum atomic E-state index is -1.98. The third kappa shape index (κ3) is 10.2. The molecule has 72 heavy (non-hydrogen) atoms. The van der Waals surface area contributed by atoms with Crippen LogP contribution in [-0.4, -0.2) is 137 Å². The molecule has 1 spiro atoms. The molecule has 2 aromatic carbocycles. The van der Waals surface area contributed by atoms with Crippen molar-refractivity contribution >= 4 is 34.2 Å². The van der Waals surface area contributed by atoms with Crippen LogP contribution in [0.2, 0.25) is 0 Å². The first-order valence-corrected chi connectivity index (χ1v) is 26.1. The van der Waals surface area contributed by atoms with Gasteiger partial charge in [-0.25, -0.2) is 4.79 Å². The molecule has 0 radical (unpaired) electrons. The number of likely N-dealkylation sites (tertiary alicyclic amines) is 2. The number of benzene rings is 2. The van der Waals surface area contributed by atoms with Crippen molar-refractivity contribution in [2.24, 2.45) is 51.4 Å². The molecule has 394 valence electrons. The molecule has 0 aliphatic carbocycles. The molecule has 5 N–H and O–H groups in total. The smallest absolute Gasteiger partial charge is 0.410 e. The lowest BCUT2D eigenvalue weighted by atomic mass is 9.78. The zero-order valence-electron chi connectivity index (χ0n) is 43.8. The number of aromatic hydroxyl groups is 2. The van der Waals surface area contributed by atoms with E-state index in [2.05, 4.69) is 24.1 Å². The number of carbonyl (C=O) groups excluding carboxylic acids is 3. The highest BCUT2D eigenvalue weighted by Gasteiger charge is 2.50. The number of phenolic OH excluding ortho intramolecular Hbond substituents is 2. The van der Waals surface area contributed by atoms with Gasteiger partial charge in [0.2, 0.25) is 0 Å². The topological polar surface area (TPSA) is 222 Å². The van der Waals surface area contributed by atoms with Gasteiger partial charge in [-0.1, -0.05) is 59.8 Å². The molecule has 5 bridgehead atoms. The SMILES string of the molecule is CO[C@H]1/C=C/O[C@@]2(C)Oc3c(C)c(O)c4c(O)c(c5c(c4c3C2=O)=NC2(CCN(CC(C)C)CC2)N=5)NC(=O)/C(C)=C\C=C\[C@H](C)[C@H](O)[C@@H](C)[C@@H](O)[C@@H](C)[C@H](OC(=O)N2CCC(C3CCOCC3)CC2)[C@@H]1C. The average Bonchev–Trinajstić information content (AvgIpc) is 3.87. The molecule has 7 heterocycles. The fraction of sp³-hybridized carbons (Fsp3) is 0.655. The normalized spacial score (nSPS) is 32.6. The summed E-state index contributed by atoms with van der Waals surface area (Å²) in [6.45, 7) is 21.1. The third-order valence-electron chi connectivity index (χ3n) is 16.6. The second-order valence-electron chi connectivity index (χ2n) is 22.0. The Hall–Kier alpha value is -5.07. The van der Waals surface area contributed by atoms with E-state index in [1.165, 1.54) is 20.3 Å². The first-order valence-electron chi connectivity index (χ1n) is 26.1. The van der Waals surface area contributed by atoms with Gasteiger partial charge in [-0.3, -0.25) is 19.6 Å². The third-order valence-corrected chi connectivity index (χ3v) is 16.6. The summed E-state index contributed by atoms with van der Waals surface area (Å²) in [7, 11) is 1.50. The number of anilines is 1. The van der Waals surface area contributed by atoms with Gasteiger partial charge in [0.05, 0.1) is 40.9 Å². The zero-order chi connectivity index (χ0) is 52.0. The first-order chi connectivity index (χ1) is 34.2. The summed E-state index contributed by atoms with van der Waals surface area (Å²) in [6.07, 6.45) is 8.32. The van der Waals surface area contributed by atoms with Gasteiger partial charge in [-0.2, -0.15) is 0 Å². The Bertz CT molecular complexity index is 2610. The van der Waals surface area contributed by atoms with Crippen molar-refractivity contribution in [3.63, 3.8) is 0 Å². The van der Waals surface area contributed by atoms with E-state index in [1.807, 2.05) is 13.8 Å². The van der Waals surface area contributed by atoms with Gasteiger partial charge in [0.1, 0.15) is 28.6 Å². The van der Waals surface area contributed by atoms with Crippen molar-refractivity contribution in [2.75, 3.05) is 58.4 Å². The summed E-state index contributed by atoms with van der Waals surface area (Å²) in [4.78, 5) is 57.7. The molecule has 2 amide bonds. The molecule has 0 aromatic heterocycles. The number of aliphatic hydroxyl groups is 2. The van der Waals surface area contributed by atoms with Crippen LogP contribution in [0.5, 0.6) is 17.2 Å². The Morgan fingerprint density at radius 3 is 2.18 bits per heavy atom. The number of allylic oxidation sites excluding steroid dienone is 2. The number of piperidine rings is 2. The van der Waals surface area contributed by atoms with Gasteiger partial charge < -0.3 is 59.2 Å². The Morgan fingerprint density at radius 2 is 1.53 bits per heavy atom. The molecule has 17 heteroatoms.